The summed E-state index contributed by atoms with van der Waals surface area (Å²) in [4.78, 5) is 64.6. The number of ether oxygens (including phenoxy) is 4. The highest BCUT2D eigenvalue weighted by Crippen LogP contribution is 2.31. The second-order valence-electron chi connectivity index (χ2n) is 10.7. The van der Waals surface area contributed by atoms with Crippen LogP contribution in [0.2, 0.25) is 0 Å². The number of cyclic esters (lactones) is 1. The second-order valence-corrected chi connectivity index (χ2v) is 10.7. The molecule has 46 heavy (non-hydrogen) atoms. The Bertz CT molecular complexity index is 1670. The van der Waals surface area contributed by atoms with E-state index in [0.29, 0.717) is 37.2 Å². The summed E-state index contributed by atoms with van der Waals surface area (Å²) in [6, 6.07) is 19.2. The van der Waals surface area contributed by atoms with E-state index in [-0.39, 0.29) is 41.1 Å². The van der Waals surface area contributed by atoms with E-state index >= 15 is 0 Å². The van der Waals surface area contributed by atoms with Crippen molar-refractivity contribution < 1.29 is 42.9 Å². The monoisotopic (exact) mass is 628 g/mol. The number of anilines is 1. The minimum absolute atomic E-state index is 0.0870. The number of esters is 3. The third-order valence-corrected chi connectivity index (χ3v) is 7.47. The Balaban J connectivity index is 1.13. The van der Waals surface area contributed by atoms with Gasteiger partial charge in [-0.25, -0.2) is 4.79 Å². The Kier molecular flexibility index (Phi) is 9.72. The Labute approximate surface area is 264 Å². The molecule has 0 spiro atoms. The summed E-state index contributed by atoms with van der Waals surface area (Å²) in [7, 11) is 0. The van der Waals surface area contributed by atoms with Crippen LogP contribution < -0.4 is 24.4 Å². The molecule has 2 amide bonds. The van der Waals surface area contributed by atoms with Gasteiger partial charge in [-0.1, -0.05) is 24.3 Å². The topological polar surface area (TPSA) is 165 Å². The van der Waals surface area contributed by atoms with Gasteiger partial charge in [0.2, 0.25) is 0 Å². The smallest absolute Gasteiger partial charge is 0.416 e. The lowest BCUT2D eigenvalue weighted by atomic mass is 9.97. The molecule has 2 saturated heterocycles. The maximum absolute atomic E-state index is 12.9. The third-order valence-electron chi connectivity index (χ3n) is 7.47. The summed E-state index contributed by atoms with van der Waals surface area (Å²) >= 11 is 0. The van der Waals surface area contributed by atoms with E-state index < -0.39 is 36.1 Å². The molecule has 3 aromatic carbocycles. The molecule has 2 aliphatic rings. The number of nitrogens with one attached hydrogen (secondary N) is 2. The second kappa shape index (κ2) is 14.0. The molecule has 2 aliphatic heterocycles. The first-order valence-electron chi connectivity index (χ1n) is 14.6. The van der Waals surface area contributed by atoms with Crippen LogP contribution in [0.15, 0.2) is 72.8 Å². The molecule has 2 N–H and O–H groups in total. The minimum Gasteiger partial charge on any atom is -0.428 e. The fraction of sp³-hybridized carbons (Fsp3) is 0.273. The molecule has 3 aromatic rings. The van der Waals surface area contributed by atoms with Crippen molar-refractivity contribution in [2.24, 2.45) is 5.92 Å². The molecule has 1 unspecified atom stereocenters. The standard InChI is InChI=1S/C33H32N4O9/c1-20(38)43-26-8-4-3-7-25(26)31(40)35-30(34)22-11-13-24(14-12-22)37-19-29(46-33(37)42)36-17-15-23(16-18-36)32(41)45-28-10-6-5-9-27(28)44-21(2)39/h3-14,23,29H,15-19H2,1-2H3,(H2,34,35,40). The lowest BCUT2D eigenvalue weighted by molar-refractivity contribution is -0.142. The van der Waals surface area contributed by atoms with E-state index in [2.05, 4.69) is 5.32 Å². The van der Waals surface area contributed by atoms with Gasteiger partial charge in [0, 0.05) is 38.2 Å². The number of piperidine rings is 1. The Morgan fingerprint density at radius 1 is 0.804 bits per heavy atom. The summed E-state index contributed by atoms with van der Waals surface area (Å²) in [5.74, 6) is -2.21. The van der Waals surface area contributed by atoms with Crippen molar-refractivity contribution in [3.8, 4) is 17.2 Å². The number of nitrogens with zero attached hydrogens (tertiary/aromatic N) is 2. The van der Waals surface area contributed by atoms with Gasteiger partial charge in [-0.15, -0.1) is 0 Å². The largest absolute Gasteiger partial charge is 0.428 e. The van der Waals surface area contributed by atoms with Crippen LogP contribution in [0.25, 0.3) is 0 Å². The lowest BCUT2D eigenvalue weighted by Gasteiger charge is -2.33. The van der Waals surface area contributed by atoms with Gasteiger partial charge in [0.05, 0.1) is 18.0 Å². The van der Waals surface area contributed by atoms with E-state index in [0.717, 1.165) is 0 Å². The molecule has 13 heteroatoms. The van der Waals surface area contributed by atoms with Crippen molar-refractivity contribution in [3.63, 3.8) is 0 Å². The highest BCUT2D eigenvalue weighted by atomic mass is 16.6. The predicted octanol–water partition coefficient (Wildman–Crippen LogP) is 3.89. The van der Waals surface area contributed by atoms with Gasteiger partial charge >= 0.3 is 24.0 Å². The van der Waals surface area contributed by atoms with Crippen molar-refractivity contribution in [1.82, 2.24) is 10.2 Å². The van der Waals surface area contributed by atoms with Crippen molar-refractivity contribution in [2.75, 3.05) is 24.5 Å². The van der Waals surface area contributed by atoms with Crippen molar-refractivity contribution in [3.05, 3.63) is 83.9 Å². The van der Waals surface area contributed by atoms with Crippen molar-refractivity contribution >= 4 is 41.4 Å². The first-order valence-corrected chi connectivity index (χ1v) is 14.6. The maximum Gasteiger partial charge on any atom is 0.416 e. The number of benzene rings is 3. The number of carbonyl (C=O) groups excluding carboxylic acids is 5. The van der Waals surface area contributed by atoms with E-state index in [1.54, 1.807) is 60.7 Å². The molecule has 0 saturated carbocycles. The van der Waals surface area contributed by atoms with Crippen molar-refractivity contribution in [1.29, 1.82) is 5.41 Å². The maximum atomic E-state index is 12.9. The van der Waals surface area contributed by atoms with E-state index in [4.69, 9.17) is 24.4 Å². The van der Waals surface area contributed by atoms with Gasteiger partial charge in [-0.05, 0) is 61.4 Å². The highest BCUT2D eigenvalue weighted by Gasteiger charge is 2.39. The number of hydrogen-bond donors (Lipinski definition) is 2. The van der Waals surface area contributed by atoms with E-state index in [1.165, 1.54) is 30.9 Å². The summed E-state index contributed by atoms with van der Waals surface area (Å²) < 4.78 is 21.4. The van der Waals surface area contributed by atoms with Crippen molar-refractivity contribution in [2.45, 2.75) is 32.9 Å². The zero-order chi connectivity index (χ0) is 32.8. The van der Waals surface area contributed by atoms with Crippen LogP contribution in [0.3, 0.4) is 0 Å². The SMILES string of the molecule is CC(=O)Oc1ccccc1OC(=O)C1CCN(C2CN(c3ccc(C(=N)NC(=O)c4ccccc4OC(C)=O)cc3)C(=O)O2)CC1. The Morgan fingerprint density at radius 3 is 2.00 bits per heavy atom. The molecule has 0 aliphatic carbocycles. The number of carbonyl (C=O) groups is 5. The zero-order valence-electron chi connectivity index (χ0n) is 25.2. The van der Waals surface area contributed by atoms with Crippen LogP contribution in [0.5, 0.6) is 17.2 Å². The van der Waals surface area contributed by atoms with Gasteiger partial charge in [0.15, 0.2) is 17.7 Å². The molecule has 13 nitrogen and oxygen atoms in total. The molecule has 0 radical (unpaired) electrons. The molecule has 5 rings (SSSR count). The first kappa shape index (κ1) is 31.9. The van der Waals surface area contributed by atoms with Crippen LogP contribution in [-0.4, -0.2) is 66.5 Å². The number of likely N-dealkylation sites (tertiary alicyclic amines) is 1. The number of amidine groups is 1. The average Bonchev–Trinajstić information content (AvgIpc) is 3.43. The molecular weight excluding hydrogens is 596 g/mol. The summed E-state index contributed by atoms with van der Waals surface area (Å²) in [6.07, 6.45) is -0.0389. The molecule has 2 heterocycles. The first-order chi connectivity index (χ1) is 22.1. The molecule has 238 valence electrons. The normalized spacial score (nSPS) is 16.7. The van der Waals surface area contributed by atoms with E-state index in [1.807, 2.05) is 4.90 Å². The van der Waals surface area contributed by atoms with Gasteiger partial charge in [0.25, 0.3) is 5.91 Å². The number of amides is 2. The summed E-state index contributed by atoms with van der Waals surface area (Å²) in [5, 5.41) is 10.8. The van der Waals surface area contributed by atoms with Gasteiger partial charge in [-0.2, -0.15) is 0 Å². The minimum atomic E-state index is -0.610. The number of para-hydroxylation sites is 3. The number of hydrogen-bond acceptors (Lipinski definition) is 11. The quantitative estimate of drug-likeness (QED) is 0.162. The van der Waals surface area contributed by atoms with Crippen LogP contribution in [0.1, 0.15) is 42.6 Å². The zero-order valence-corrected chi connectivity index (χ0v) is 25.2. The highest BCUT2D eigenvalue weighted by molar-refractivity contribution is 6.12. The molecule has 1 atom stereocenters. The fourth-order valence-electron chi connectivity index (χ4n) is 5.20. The average molecular weight is 629 g/mol. The predicted molar refractivity (Wildman–Crippen MR) is 164 cm³/mol. The van der Waals surface area contributed by atoms with Crippen LogP contribution >= 0.6 is 0 Å². The lowest BCUT2D eigenvalue weighted by Crippen LogP contribution is -2.45. The molecule has 0 bridgehead atoms. The molecular formula is C33H32N4O9. The van der Waals surface area contributed by atoms with Crippen LogP contribution in [0.4, 0.5) is 10.5 Å². The molecule has 2 fully saturated rings. The van der Waals surface area contributed by atoms with Gasteiger partial charge in [-0.3, -0.25) is 34.4 Å². The van der Waals surface area contributed by atoms with E-state index in [9.17, 15) is 24.0 Å². The van der Waals surface area contributed by atoms with Crippen LogP contribution in [0, 0.1) is 11.3 Å². The number of rotatable bonds is 8. The Morgan fingerprint density at radius 2 is 1.37 bits per heavy atom. The molecule has 0 aromatic heterocycles. The third kappa shape index (κ3) is 7.56. The van der Waals surface area contributed by atoms with Gasteiger partial charge < -0.3 is 24.3 Å². The summed E-state index contributed by atoms with van der Waals surface area (Å²) in [5.41, 5.74) is 1.06. The fourth-order valence-corrected chi connectivity index (χ4v) is 5.20. The Hall–Kier alpha value is -5.56. The van der Waals surface area contributed by atoms with Gasteiger partial charge in [0.1, 0.15) is 11.6 Å². The van der Waals surface area contributed by atoms with Crippen LogP contribution in [-0.2, 0) is 19.1 Å². The summed E-state index contributed by atoms with van der Waals surface area (Å²) in [6.45, 7) is 3.78.